The van der Waals surface area contributed by atoms with Gasteiger partial charge in [0.2, 0.25) is 5.91 Å². The van der Waals surface area contributed by atoms with Crippen molar-refractivity contribution in [2.24, 2.45) is 0 Å². The molecule has 0 bridgehead atoms. The van der Waals surface area contributed by atoms with E-state index >= 15 is 0 Å². The summed E-state index contributed by atoms with van der Waals surface area (Å²) in [5, 5.41) is 3.54. The molecular formula is C17H12Cl4FNO. The predicted molar refractivity (Wildman–Crippen MR) is 98.6 cm³/mol. The van der Waals surface area contributed by atoms with Crippen molar-refractivity contribution in [1.82, 2.24) is 0 Å². The van der Waals surface area contributed by atoms with Gasteiger partial charge in [-0.15, -0.1) is 0 Å². The first-order chi connectivity index (χ1) is 11.3. The van der Waals surface area contributed by atoms with Crippen LogP contribution in [0.4, 0.5) is 10.1 Å². The number of anilines is 1. The van der Waals surface area contributed by atoms with E-state index in [1.807, 2.05) is 0 Å². The van der Waals surface area contributed by atoms with Crippen molar-refractivity contribution in [3.63, 3.8) is 0 Å². The van der Waals surface area contributed by atoms with Gasteiger partial charge in [0.1, 0.15) is 10.3 Å². The average Bonchev–Trinajstić information content (AvgIpc) is 2.45. The second-order valence-electron chi connectivity index (χ2n) is 5.02. The lowest BCUT2D eigenvalue weighted by atomic mass is 9.95. The van der Waals surface area contributed by atoms with Gasteiger partial charge in [0.15, 0.2) is 0 Å². The van der Waals surface area contributed by atoms with Crippen molar-refractivity contribution >= 4 is 58.0 Å². The number of carbonyl (C=O) groups excluding carboxylic acids is 1. The lowest BCUT2D eigenvalue weighted by Gasteiger charge is -2.14. The number of hydrogen-bond acceptors (Lipinski definition) is 1. The Bertz CT molecular complexity index is 737. The molecule has 2 rings (SSSR count). The second-order valence-corrected chi connectivity index (χ2v) is 6.91. The van der Waals surface area contributed by atoms with E-state index in [0.29, 0.717) is 15.7 Å². The highest BCUT2D eigenvalue weighted by Gasteiger charge is 2.15. The van der Waals surface area contributed by atoms with Gasteiger partial charge in [-0.25, -0.2) is 4.39 Å². The van der Waals surface area contributed by atoms with Crippen molar-refractivity contribution in [1.29, 1.82) is 0 Å². The van der Waals surface area contributed by atoms with Crippen LogP contribution in [0.5, 0.6) is 0 Å². The summed E-state index contributed by atoms with van der Waals surface area (Å²) in [5.41, 5.74) is 1.20. The van der Waals surface area contributed by atoms with Crippen LogP contribution in [-0.2, 0) is 4.79 Å². The largest absolute Gasteiger partial charge is 0.326 e. The predicted octanol–water partition coefficient (Wildman–Crippen LogP) is 6.56. The Labute approximate surface area is 159 Å². The Morgan fingerprint density at radius 2 is 1.67 bits per heavy atom. The molecule has 2 aromatic carbocycles. The molecule has 0 aliphatic rings. The van der Waals surface area contributed by atoms with Crippen LogP contribution in [0.15, 0.2) is 53.0 Å². The molecule has 1 atom stereocenters. The number of carbonyl (C=O) groups is 1. The fourth-order valence-corrected chi connectivity index (χ4v) is 3.00. The van der Waals surface area contributed by atoms with Crippen LogP contribution in [0.3, 0.4) is 0 Å². The Kier molecular flexibility index (Phi) is 6.93. The van der Waals surface area contributed by atoms with Crippen LogP contribution in [0, 0.1) is 5.82 Å². The maximum absolute atomic E-state index is 13.1. The highest BCUT2D eigenvalue weighted by atomic mass is 35.5. The maximum Gasteiger partial charge on any atom is 0.225 e. The van der Waals surface area contributed by atoms with Gasteiger partial charge in [0, 0.05) is 28.1 Å². The number of hydrogen-bond donors (Lipinski definition) is 1. The van der Waals surface area contributed by atoms with Crippen LogP contribution >= 0.6 is 46.4 Å². The fourth-order valence-electron chi connectivity index (χ4n) is 2.17. The van der Waals surface area contributed by atoms with Gasteiger partial charge in [-0.1, -0.05) is 58.5 Å². The highest BCUT2D eigenvalue weighted by Crippen LogP contribution is 2.27. The lowest BCUT2D eigenvalue weighted by Crippen LogP contribution is -2.15. The van der Waals surface area contributed by atoms with Gasteiger partial charge >= 0.3 is 0 Å². The summed E-state index contributed by atoms with van der Waals surface area (Å²) in [5.74, 6) is -1.05. The van der Waals surface area contributed by atoms with Gasteiger partial charge in [-0.2, -0.15) is 0 Å². The molecule has 2 nitrogen and oxygen atoms in total. The first-order valence-corrected chi connectivity index (χ1v) is 8.39. The van der Waals surface area contributed by atoms with E-state index in [4.69, 9.17) is 46.4 Å². The smallest absolute Gasteiger partial charge is 0.225 e. The summed E-state index contributed by atoms with van der Waals surface area (Å²) in [6.07, 6.45) is 1.60. The van der Waals surface area contributed by atoms with Gasteiger partial charge < -0.3 is 5.32 Å². The molecule has 0 radical (unpaired) electrons. The normalized spacial score (nSPS) is 11.7. The van der Waals surface area contributed by atoms with Crippen molar-refractivity contribution in [2.45, 2.75) is 12.3 Å². The van der Waals surface area contributed by atoms with E-state index < -0.39 is 5.92 Å². The quantitative estimate of drug-likeness (QED) is 0.598. The summed E-state index contributed by atoms with van der Waals surface area (Å²) in [6.45, 7) is 0. The number of nitrogens with one attached hydrogen (secondary N) is 1. The fraction of sp³-hybridized carbons (Fsp3) is 0.118. The minimum Gasteiger partial charge on any atom is -0.326 e. The molecule has 0 heterocycles. The van der Waals surface area contributed by atoms with Crippen LogP contribution in [-0.4, -0.2) is 5.91 Å². The molecule has 0 spiro atoms. The minimum absolute atomic E-state index is 0.0305. The van der Waals surface area contributed by atoms with Crippen LogP contribution in [0.1, 0.15) is 17.9 Å². The zero-order chi connectivity index (χ0) is 17.7. The summed E-state index contributed by atoms with van der Waals surface area (Å²) < 4.78 is 13.1. The third kappa shape index (κ3) is 5.99. The number of rotatable bonds is 5. The van der Waals surface area contributed by atoms with Crippen LogP contribution in [0.25, 0.3) is 0 Å². The minimum atomic E-state index is -0.398. The Morgan fingerprint density at radius 3 is 2.21 bits per heavy atom. The first-order valence-electron chi connectivity index (χ1n) is 6.87. The average molecular weight is 407 g/mol. The molecule has 24 heavy (non-hydrogen) atoms. The summed E-state index contributed by atoms with van der Waals surface area (Å²) in [7, 11) is 0. The second kappa shape index (κ2) is 8.72. The van der Waals surface area contributed by atoms with E-state index in [1.165, 1.54) is 18.2 Å². The number of allylic oxidation sites excluding steroid dienone is 1. The van der Waals surface area contributed by atoms with Crippen molar-refractivity contribution in [3.05, 3.63) is 74.5 Å². The molecule has 0 aromatic heterocycles. The van der Waals surface area contributed by atoms with E-state index in [2.05, 4.69) is 5.32 Å². The Balaban J connectivity index is 2.15. The van der Waals surface area contributed by atoms with Crippen molar-refractivity contribution < 1.29 is 9.18 Å². The number of benzene rings is 2. The van der Waals surface area contributed by atoms with Gasteiger partial charge in [-0.3, -0.25) is 4.79 Å². The van der Waals surface area contributed by atoms with E-state index in [9.17, 15) is 9.18 Å². The molecule has 0 fully saturated rings. The molecule has 7 heteroatoms. The summed E-state index contributed by atoms with van der Waals surface area (Å²) in [6, 6.07) is 10.5. The topological polar surface area (TPSA) is 29.1 Å². The molecule has 0 saturated carbocycles. The van der Waals surface area contributed by atoms with Crippen LogP contribution in [0.2, 0.25) is 10.0 Å². The van der Waals surface area contributed by atoms with E-state index in [1.54, 1.807) is 30.3 Å². The zero-order valence-corrected chi connectivity index (χ0v) is 15.2. The standard InChI is InChI=1S/C17H12Cl4FNO/c18-12-7-13(19)9-15(8-12)23-17(24)6-11(5-16(20)21)10-1-3-14(22)4-2-10/h1-5,7-9,11H,6H2,(H,23,24). The van der Waals surface area contributed by atoms with E-state index in [0.717, 1.165) is 5.56 Å². The van der Waals surface area contributed by atoms with Gasteiger partial charge in [0.25, 0.3) is 0 Å². The number of amides is 1. The SMILES string of the molecule is O=C(CC(C=C(Cl)Cl)c1ccc(F)cc1)Nc1cc(Cl)cc(Cl)c1. The summed E-state index contributed by atoms with van der Waals surface area (Å²) >= 11 is 23.3. The maximum atomic E-state index is 13.1. The molecule has 1 unspecified atom stereocenters. The highest BCUT2D eigenvalue weighted by molar-refractivity contribution is 6.55. The molecule has 2 aromatic rings. The van der Waals surface area contributed by atoms with Gasteiger partial charge in [0.05, 0.1) is 0 Å². The monoisotopic (exact) mass is 405 g/mol. The Hall–Kier alpha value is -1.26. The van der Waals surface area contributed by atoms with E-state index in [-0.39, 0.29) is 22.6 Å². The van der Waals surface area contributed by atoms with Gasteiger partial charge in [-0.05, 0) is 42.0 Å². The van der Waals surface area contributed by atoms with Crippen molar-refractivity contribution in [2.75, 3.05) is 5.32 Å². The Morgan fingerprint density at radius 1 is 1.08 bits per heavy atom. The molecule has 0 saturated heterocycles. The first kappa shape index (κ1) is 19.1. The zero-order valence-electron chi connectivity index (χ0n) is 12.2. The molecular weight excluding hydrogens is 395 g/mol. The summed E-state index contributed by atoms with van der Waals surface area (Å²) in [4.78, 5) is 12.3. The van der Waals surface area contributed by atoms with Crippen molar-refractivity contribution in [3.8, 4) is 0 Å². The molecule has 1 N–H and O–H groups in total. The molecule has 0 aliphatic carbocycles. The third-order valence-electron chi connectivity index (χ3n) is 3.18. The molecule has 1 amide bonds. The molecule has 126 valence electrons. The third-order valence-corrected chi connectivity index (χ3v) is 3.87. The lowest BCUT2D eigenvalue weighted by molar-refractivity contribution is -0.116. The van der Waals surface area contributed by atoms with Crippen LogP contribution < -0.4 is 5.32 Å². The molecule has 0 aliphatic heterocycles. The number of halogens is 5.